The average Bonchev–Trinajstić information content (AvgIpc) is 2.47. The van der Waals surface area contributed by atoms with Crippen LogP contribution in [0.2, 0.25) is 0 Å². The third-order valence-corrected chi connectivity index (χ3v) is 2.89. The Bertz CT molecular complexity index is 564. The van der Waals surface area contributed by atoms with Crippen LogP contribution in [-0.2, 0) is 16.1 Å². The molecule has 0 fully saturated rings. The summed E-state index contributed by atoms with van der Waals surface area (Å²) >= 11 is 0. The van der Waals surface area contributed by atoms with Gasteiger partial charge in [-0.15, -0.1) is 0 Å². The van der Waals surface area contributed by atoms with Gasteiger partial charge in [0.1, 0.15) is 5.75 Å². The van der Waals surface area contributed by atoms with Crippen molar-refractivity contribution in [2.45, 2.75) is 26.2 Å². The van der Waals surface area contributed by atoms with Gasteiger partial charge in [-0.05, 0) is 29.8 Å². The van der Waals surface area contributed by atoms with Crippen LogP contribution in [0.25, 0.3) is 0 Å². The van der Waals surface area contributed by atoms with Gasteiger partial charge in [0.25, 0.3) is 6.47 Å². The number of rotatable bonds is 7. The van der Waals surface area contributed by atoms with Crippen molar-refractivity contribution in [2.75, 3.05) is 5.32 Å². The fourth-order valence-electron chi connectivity index (χ4n) is 1.86. The lowest BCUT2D eigenvalue weighted by atomic mass is 10.2. The first-order valence-corrected chi connectivity index (χ1v) is 6.77. The largest absolute Gasteiger partial charge is 0.453 e. The monoisotopic (exact) mass is 285 g/mol. The maximum Gasteiger partial charge on any atom is 0.296 e. The van der Waals surface area contributed by atoms with Gasteiger partial charge in [-0.3, -0.25) is 4.79 Å². The quantitative estimate of drug-likeness (QED) is 0.624. The molecule has 0 unspecified atom stereocenters. The van der Waals surface area contributed by atoms with Gasteiger partial charge >= 0.3 is 0 Å². The summed E-state index contributed by atoms with van der Waals surface area (Å²) in [5, 5.41) is 3.33. The molecule has 4 heteroatoms. The van der Waals surface area contributed by atoms with Crippen molar-refractivity contribution in [1.82, 2.24) is 0 Å². The Kier molecular flexibility index (Phi) is 4.82. The zero-order valence-corrected chi connectivity index (χ0v) is 12.2. The molecule has 0 aromatic heterocycles. The van der Waals surface area contributed by atoms with Gasteiger partial charge in [0.15, 0.2) is 0 Å². The van der Waals surface area contributed by atoms with E-state index in [-0.39, 0.29) is 0 Å². The first kappa shape index (κ1) is 14.9. The number of benzene rings is 2. The normalized spacial score (nSPS) is 10.8. The van der Waals surface area contributed by atoms with Crippen molar-refractivity contribution in [3.8, 4) is 5.75 Å². The second kappa shape index (κ2) is 6.79. The summed E-state index contributed by atoms with van der Waals surface area (Å²) in [6, 6.07) is 17.7. The van der Waals surface area contributed by atoms with Gasteiger partial charge in [0.05, 0.1) is 0 Å². The summed E-state index contributed by atoms with van der Waals surface area (Å²) in [6.45, 7) is 4.52. The lowest BCUT2D eigenvalue weighted by Gasteiger charge is -2.24. The van der Waals surface area contributed by atoms with Crippen LogP contribution in [0.3, 0.4) is 0 Å². The molecular formula is C17H19NO3. The van der Waals surface area contributed by atoms with Crippen LogP contribution >= 0.6 is 0 Å². The van der Waals surface area contributed by atoms with Gasteiger partial charge in [0.2, 0.25) is 5.79 Å². The van der Waals surface area contributed by atoms with Crippen LogP contribution in [0.5, 0.6) is 5.75 Å². The van der Waals surface area contributed by atoms with E-state index in [0.29, 0.717) is 12.2 Å². The van der Waals surface area contributed by atoms with Crippen LogP contribution < -0.4 is 10.1 Å². The molecule has 0 atom stereocenters. The molecule has 4 nitrogen and oxygen atoms in total. The van der Waals surface area contributed by atoms with E-state index in [1.807, 2.05) is 42.5 Å². The molecule has 1 N–H and O–H groups in total. The molecule has 0 aliphatic carbocycles. The van der Waals surface area contributed by atoms with Crippen LogP contribution in [0, 0.1) is 0 Å². The molecule has 0 bridgehead atoms. The predicted octanol–water partition coefficient (Wildman–Crippen LogP) is 3.59. The average molecular weight is 285 g/mol. The topological polar surface area (TPSA) is 47.6 Å². The summed E-state index contributed by atoms with van der Waals surface area (Å²) in [7, 11) is 0. The number of carbonyl (C=O) groups is 1. The molecule has 0 radical (unpaired) electrons. The highest BCUT2D eigenvalue weighted by Gasteiger charge is 2.20. The molecule has 0 aliphatic heterocycles. The zero-order valence-electron chi connectivity index (χ0n) is 12.2. The minimum atomic E-state index is -0.971. The van der Waals surface area contributed by atoms with E-state index in [1.54, 1.807) is 13.8 Å². The van der Waals surface area contributed by atoms with E-state index >= 15 is 0 Å². The maximum atomic E-state index is 10.4. The fourth-order valence-corrected chi connectivity index (χ4v) is 1.86. The second-order valence-corrected chi connectivity index (χ2v) is 5.08. The van der Waals surface area contributed by atoms with E-state index in [2.05, 4.69) is 17.4 Å². The van der Waals surface area contributed by atoms with E-state index in [1.165, 1.54) is 5.56 Å². The van der Waals surface area contributed by atoms with Crippen LogP contribution in [-0.4, -0.2) is 12.3 Å². The van der Waals surface area contributed by atoms with Gasteiger partial charge in [-0.25, -0.2) is 0 Å². The zero-order chi connectivity index (χ0) is 15.1. The number of hydrogen-bond acceptors (Lipinski definition) is 4. The minimum Gasteiger partial charge on any atom is -0.453 e. The van der Waals surface area contributed by atoms with E-state index in [4.69, 9.17) is 9.47 Å². The molecule has 0 saturated carbocycles. The number of nitrogens with one attached hydrogen (secondary N) is 1. The van der Waals surface area contributed by atoms with Crippen molar-refractivity contribution in [2.24, 2.45) is 0 Å². The Labute approximate surface area is 124 Å². The van der Waals surface area contributed by atoms with Crippen LogP contribution in [0.4, 0.5) is 5.69 Å². The van der Waals surface area contributed by atoms with Gasteiger partial charge < -0.3 is 14.8 Å². The molecule has 21 heavy (non-hydrogen) atoms. The first-order chi connectivity index (χ1) is 10.1. The molecular weight excluding hydrogens is 266 g/mol. The molecule has 0 spiro atoms. The SMILES string of the molecule is CC(C)(OC=O)Oc1ccc(NCc2ccccc2)cc1. The van der Waals surface area contributed by atoms with Crippen molar-refractivity contribution >= 4 is 12.2 Å². The second-order valence-electron chi connectivity index (χ2n) is 5.08. The Hall–Kier alpha value is -2.49. The van der Waals surface area contributed by atoms with Gasteiger partial charge in [-0.1, -0.05) is 30.3 Å². The minimum absolute atomic E-state index is 0.385. The molecule has 0 saturated heterocycles. The Morgan fingerprint density at radius 2 is 1.71 bits per heavy atom. The maximum absolute atomic E-state index is 10.4. The van der Waals surface area contributed by atoms with Gasteiger partial charge in [0, 0.05) is 26.1 Å². The highest BCUT2D eigenvalue weighted by molar-refractivity contribution is 5.47. The summed E-state index contributed by atoms with van der Waals surface area (Å²) in [4.78, 5) is 10.4. The molecule has 0 aliphatic rings. The van der Waals surface area contributed by atoms with E-state index < -0.39 is 5.79 Å². The highest BCUT2D eigenvalue weighted by Crippen LogP contribution is 2.21. The lowest BCUT2D eigenvalue weighted by Crippen LogP contribution is -2.31. The highest BCUT2D eigenvalue weighted by atomic mass is 16.7. The van der Waals surface area contributed by atoms with E-state index in [9.17, 15) is 4.79 Å². The van der Waals surface area contributed by atoms with E-state index in [0.717, 1.165) is 12.2 Å². The molecule has 110 valence electrons. The standard InChI is InChI=1S/C17H19NO3/c1-17(2,20-13-19)21-16-10-8-15(9-11-16)18-12-14-6-4-3-5-7-14/h3-11,13,18H,12H2,1-2H3. The predicted molar refractivity (Wildman–Crippen MR) is 82.1 cm³/mol. The lowest BCUT2D eigenvalue weighted by molar-refractivity contribution is -0.170. The Morgan fingerprint density at radius 1 is 1.05 bits per heavy atom. The third kappa shape index (κ3) is 4.84. The number of carbonyl (C=O) groups excluding carboxylic acids is 1. The molecule has 2 aromatic carbocycles. The molecule has 2 aromatic rings. The third-order valence-electron chi connectivity index (χ3n) is 2.89. The van der Waals surface area contributed by atoms with Crippen molar-refractivity contribution in [1.29, 1.82) is 0 Å². The first-order valence-electron chi connectivity index (χ1n) is 6.77. The Balaban J connectivity index is 1.91. The Morgan fingerprint density at radius 3 is 2.33 bits per heavy atom. The fraction of sp³-hybridized carbons (Fsp3) is 0.235. The summed E-state index contributed by atoms with van der Waals surface area (Å²) in [5.74, 6) is -0.326. The number of hydrogen-bond donors (Lipinski definition) is 1. The summed E-state index contributed by atoms with van der Waals surface area (Å²) in [6.07, 6.45) is 0. The van der Waals surface area contributed by atoms with Crippen molar-refractivity contribution in [3.63, 3.8) is 0 Å². The molecule has 0 amide bonds. The van der Waals surface area contributed by atoms with Crippen LogP contribution in [0.1, 0.15) is 19.4 Å². The summed E-state index contributed by atoms with van der Waals surface area (Å²) in [5.41, 5.74) is 2.22. The number of ether oxygens (including phenoxy) is 2. The van der Waals surface area contributed by atoms with Crippen molar-refractivity contribution in [3.05, 3.63) is 60.2 Å². The van der Waals surface area contributed by atoms with Crippen molar-refractivity contribution < 1.29 is 14.3 Å². The molecule has 0 heterocycles. The van der Waals surface area contributed by atoms with Gasteiger partial charge in [-0.2, -0.15) is 0 Å². The summed E-state index contributed by atoms with van der Waals surface area (Å²) < 4.78 is 10.4. The van der Waals surface area contributed by atoms with Crippen LogP contribution in [0.15, 0.2) is 54.6 Å². The smallest absolute Gasteiger partial charge is 0.296 e. The molecule has 2 rings (SSSR count). The number of anilines is 1.